The number of rotatable bonds is 11. The number of carbonyl (C=O) groups is 2. The molecule has 0 unspecified atom stereocenters. The van der Waals surface area contributed by atoms with Crippen LogP contribution in [0.1, 0.15) is 36.8 Å². The van der Waals surface area contributed by atoms with Gasteiger partial charge < -0.3 is 10.2 Å². The number of hydrogen-bond donors (Lipinski definition) is 1. The van der Waals surface area contributed by atoms with Crippen LogP contribution in [0.2, 0.25) is 10.0 Å². The van der Waals surface area contributed by atoms with Crippen molar-refractivity contribution in [3.63, 3.8) is 0 Å². The van der Waals surface area contributed by atoms with Crippen molar-refractivity contribution in [1.82, 2.24) is 10.2 Å². The molecule has 212 valence electrons. The van der Waals surface area contributed by atoms with Gasteiger partial charge in [0.05, 0.1) is 22.0 Å². The minimum atomic E-state index is -3.89. The van der Waals surface area contributed by atoms with Crippen LogP contribution in [0.25, 0.3) is 0 Å². The largest absolute Gasteiger partial charge is 0.352 e. The third-order valence-corrected chi connectivity index (χ3v) is 8.92. The number of hydrogen-bond acceptors (Lipinski definition) is 4. The van der Waals surface area contributed by atoms with E-state index < -0.39 is 28.5 Å². The molecule has 2 amide bonds. The fourth-order valence-electron chi connectivity index (χ4n) is 4.96. The molecule has 10 heteroatoms. The molecular formula is C30H33Cl2N3O4S. The van der Waals surface area contributed by atoms with Crippen molar-refractivity contribution >= 4 is 50.7 Å². The predicted octanol–water partition coefficient (Wildman–Crippen LogP) is 5.46. The third kappa shape index (κ3) is 7.99. The molecule has 3 aromatic rings. The van der Waals surface area contributed by atoms with E-state index >= 15 is 0 Å². The van der Waals surface area contributed by atoms with Gasteiger partial charge in [0.25, 0.3) is 0 Å². The maximum Gasteiger partial charge on any atom is 0.244 e. The Bertz CT molecular complexity index is 1420. The summed E-state index contributed by atoms with van der Waals surface area (Å²) in [5.74, 6) is -0.761. The second kappa shape index (κ2) is 13.5. The summed E-state index contributed by atoms with van der Waals surface area (Å²) in [6.07, 6.45) is 5.20. The lowest BCUT2D eigenvalue weighted by molar-refractivity contribution is -0.140. The molecule has 1 aliphatic carbocycles. The van der Waals surface area contributed by atoms with Crippen LogP contribution in [0.4, 0.5) is 5.69 Å². The van der Waals surface area contributed by atoms with E-state index in [4.69, 9.17) is 23.2 Å². The van der Waals surface area contributed by atoms with Crippen LogP contribution in [0.5, 0.6) is 0 Å². The van der Waals surface area contributed by atoms with Gasteiger partial charge in [-0.05, 0) is 42.2 Å². The number of sulfonamides is 1. The first-order valence-corrected chi connectivity index (χ1v) is 15.8. The first-order valence-electron chi connectivity index (χ1n) is 13.2. The average molecular weight is 603 g/mol. The van der Waals surface area contributed by atoms with Crippen LogP contribution in [0.15, 0.2) is 78.9 Å². The zero-order chi connectivity index (χ0) is 28.7. The van der Waals surface area contributed by atoms with Gasteiger partial charge in [-0.1, -0.05) is 96.7 Å². The summed E-state index contributed by atoms with van der Waals surface area (Å²) in [5.41, 5.74) is 1.92. The Morgan fingerprint density at radius 2 is 1.50 bits per heavy atom. The van der Waals surface area contributed by atoms with Crippen molar-refractivity contribution in [2.45, 2.75) is 50.7 Å². The Labute approximate surface area is 246 Å². The molecule has 0 saturated heterocycles. The lowest BCUT2D eigenvalue weighted by Gasteiger charge is -2.34. The number of carbonyl (C=O) groups excluding carboxylic acids is 2. The zero-order valence-corrected chi connectivity index (χ0v) is 24.6. The Balaban J connectivity index is 1.71. The second-order valence-corrected chi connectivity index (χ2v) is 12.8. The molecule has 0 aromatic heterocycles. The normalized spacial score (nSPS) is 14.5. The van der Waals surface area contributed by atoms with Crippen molar-refractivity contribution in [2.75, 3.05) is 17.1 Å². The molecule has 1 N–H and O–H groups in total. The predicted molar refractivity (Wildman–Crippen MR) is 160 cm³/mol. The van der Waals surface area contributed by atoms with E-state index in [1.54, 1.807) is 0 Å². The molecule has 1 fully saturated rings. The van der Waals surface area contributed by atoms with Crippen molar-refractivity contribution in [3.05, 3.63) is 100 Å². The topological polar surface area (TPSA) is 86.8 Å². The van der Waals surface area contributed by atoms with Crippen LogP contribution < -0.4 is 9.62 Å². The molecule has 0 heterocycles. The third-order valence-electron chi connectivity index (χ3n) is 7.04. The lowest BCUT2D eigenvalue weighted by Crippen LogP contribution is -2.54. The molecule has 0 bridgehead atoms. The SMILES string of the molecule is CS(=O)(=O)N(CC(=O)N(Cc1ccccc1)[C@H](Cc1ccccc1)C(=O)NC1CCCC1)c1ccc(Cl)c(Cl)c1. The van der Waals surface area contributed by atoms with Crippen LogP contribution in [-0.4, -0.2) is 50.0 Å². The van der Waals surface area contributed by atoms with E-state index in [0.717, 1.165) is 47.4 Å². The first kappa shape index (κ1) is 29.9. The number of nitrogens with zero attached hydrogens (tertiary/aromatic N) is 2. The zero-order valence-electron chi connectivity index (χ0n) is 22.3. The molecule has 3 aromatic carbocycles. The van der Waals surface area contributed by atoms with Gasteiger partial charge in [-0.25, -0.2) is 8.42 Å². The average Bonchev–Trinajstić information content (AvgIpc) is 3.44. The Hall–Kier alpha value is -3.07. The molecule has 1 saturated carbocycles. The Morgan fingerprint density at radius 1 is 0.900 bits per heavy atom. The fraction of sp³-hybridized carbons (Fsp3) is 0.333. The number of anilines is 1. The highest BCUT2D eigenvalue weighted by molar-refractivity contribution is 7.92. The standard InChI is InChI=1S/C30H33Cl2N3O4S/c1-40(38,39)35(25-16-17-26(31)27(32)19-25)21-29(36)34(20-23-12-6-3-7-13-23)28(18-22-10-4-2-5-11-22)30(37)33-24-14-8-9-15-24/h2-7,10-13,16-17,19,24,28H,8-9,14-15,18,20-21H2,1H3,(H,33,37)/t28-/m1/s1. The van der Waals surface area contributed by atoms with Gasteiger partial charge in [-0.2, -0.15) is 0 Å². The monoisotopic (exact) mass is 601 g/mol. The molecule has 0 spiro atoms. The van der Waals surface area contributed by atoms with Crippen molar-refractivity contribution in [2.24, 2.45) is 0 Å². The van der Waals surface area contributed by atoms with E-state index in [0.29, 0.717) is 0 Å². The van der Waals surface area contributed by atoms with E-state index in [9.17, 15) is 18.0 Å². The van der Waals surface area contributed by atoms with Gasteiger partial charge in [0.15, 0.2) is 0 Å². The minimum Gasteiger partial charge on any atom is -0.352 e. The van der Waals surface area contributed by atoms with Crippen LogP contribution in [0, 0.1) is 0 Å². The molecule has 1 aliphatic rings. The summed E-state index contributed by atoms with van der Waals surface area (Å²) in [7, 11) is -3.89. The molecule has 0 radical (unpaired) electrons. The van der Waals surface area contributed by atoms with Crippen molar-refractivity contribution in [3.8, 4) is 0 Å². The molecular weight excluding hydrogens is 569 g/mol. The molecule has 40 heavy (non-hydrogen) atoms. The van der Waals surface area contributed by atoms with Crippen molar-refractivity contribution < 1.29 is 18.0 Å². The van der Waals surface area contributed by atoms with E-state index in [1.165, 1.54) is 23.1 Å². The minimum absolute atomic E-state index is 0.0585. The van der Waals surface area contributed by atoms with E-state index in [1.807, 2.05) is 60.7 Å². The lowest BCUT2D eigenvalue weighted by atomic mass is 10.0. The summed E-state index contributed by atoms with van der Waals surface area (Å²) in [6.45, 7) is -0.375. The van der Waals surface area contributed by atoms with E-state index in [2.05, 4.69) is 5.32 Å². The number of nitrogens with one attached hydrogen (secondary N) is 1. The van der Waals surface area contributed by atoms with Crippen molar-refractivity contribution in [1.29, 1.82) is 0 Å². The van der Waals surface area contributed by atoms with Crippen LogP contribution in [0.3, 0.4) is 0 Å². The van der Waals surface area contributed by atoms with E-state index in [-0.39, 0.29) is 40.6 Å². The summed E-state index contributed by atoms with van der Waals surface area (Å²) in [5, 5.41) is 3.58. The second-order valence-electron chi connectivity index (χ2n) is 10.1. The smallest absolute Gasteiger partial charge is 0.244 e. The fourth-order valence-corrected chi connectivity index (χ4v) is 6.09. The van der Waals surface area contributed by atoms with Gasteiger partial charge >= 0.3 is 0 Å². The Morgan fingerprint density at radius 3 is 2.08 bits per heavy atom. The highest BCUT2D eigenvalue weighted by Crippen LogP contribution is 2.29. The molecule has 7 nitrogen and oxygen atoms in total. The van der Waals surface area contributed by atoms with Crippen LogP contribution in [-0.2, 0) is 32.6 Å². The maximum atomic E-state index is 14.1. The number of amides is 2. The van der Waals surface area contributed by atoms with Gasteiger partial charge in [-0.15, -0.1) is 0 Å². The summed E-state index contributed by atoms with van der Waals surface area (Å²) in [6, 6.07) is 22.5. The highest BCUT2D eigenvalue weighted by Gasteiger charge is 2.34. The van der Waals surface area contributed by atoms with Gasteiger partial charge in [-0.3, -0.25) is 13.9 Å². The number of halogens is 2. The summed E-state index contributed by atoms with van der Waals surface area (Å²) >= 11 is 12.2. The first-order chi connectivity index (χ1) is 19.1. The van der Waals surface area contributed by atoms with Gasteiger partial charge in [0.1, 0.15) is 12.6 Å². The van der Waals surface area contributed by atoms with Crippen LogP contribution >= 0.6 is 23.2 Å². The quantitative estimate of drug-likeness (QED) is 0.316. The molecule has 0 aliphatic heterocycles. The number of benzene rings is 3. The van der Waals surface area contributed by atoms with Gasteiger partial charge in [0, 0.05) is 19.0 Å². The summed E-state index contributed by atoms with van der Waals surface area (Å²) in [4.78, 5) is 29.4. The molecule has 4 rings (SSSR count). The maximum absolute atomic E-state index is 14.1. The van der Waals surface area contributed by atoms with Gasteiger partial charge in [0.2, 0.25) is 21.8 Å². The summed E-state index contributed by atoms with van der Waals surface area (Å²) < 4.78 is 26.7. The Kier molecular flexibility index (Phi) is 10.1. The highest BCUT2D eigenvalue weighted by atomic mass is 35.5. The molecule has 1 atom stereocenters.